The van der Waals surface area contributed by atoms with Gasteiger partial charge < -0.3 is 4.74 Å². The van der Waals surface area contributed by atoms with E-state index in [2.05, 4.69) is 37.2 Å². The van der Waals surface area contributed by atoms with E-state index in [-0.39, 0.29) is 21.3 Å². The minimum Gasteiger partial charge on any atom is -0.488 e. The van der Waals surface area contributed by atoms with E-state index in [1.165, 1.54) is 24.3 Å². The molecule has 0 spiro atoms. The summed E-state index contributed by atoms with van der Waals surface area (Å²) < 4.78 is 7.48. The number of hydrogen-bond donors (Lipinski definition) is 1. The predicted molar refractivity (Wildman–Crippen MR) is 138 cm³/mol. The second-order valence-electron chi connectivity index (χ2n) is 7.16. The highest BCUT2D eigenvalue weighted by Gasteiger charge is 2.37. The van der Waals surface area contributed by atoms with E-state index < -0.39 is 17.8 Å². The van der Waals surface area contributed by atoms with Gasteiger partial charge in [0.15, 0.2) is 0 Å². The van der Waals surface area contributed by atoms with Crippen molar-refractivity contribution in [2.45, 2.75) is 6.61 Å². The van der Waals surface area contributed by atoms with Gasteiger partial charge in [0.2, 0.25) is 0 Å². The van der Waals surface area contributed by atoms with Crippen molar-refractivity contribution in [3.05, 3.63) is 96.4 Å². The highest BCUT2D eigenvalue weighted by atomic mass is 79.9. The van der Waals surface area contributed by atoms with Gasteiger partial charge in [0.1, 0.15) is 17.9 Å². The lowest BCUT2D eigenvalue weighted by atomic mass is 10.1. The highest BCUT2D eigenvalue weighted by Crippen LogP contribution is 2.31. The van der Waals surface area contributed by atoms with Gasteiger partial charge in [-0.3, -0.25) is 14.9 Å². The van der Waals surface area contributed by atoms with Crippen LogP contribution in [0.2, 0.25) is 10.0 Å². The summed E-state index contributed by atoms with van der Waals surface area (Å²) in [7, 11) is 0. The maximum atomic E-state index is 13.0. The Hall–Kier alpha value is -2.65. The van der Waals surface area contributed by atoms with Crippen LogP contribution in [0.15, 0.2) is 75.2 Å². The molecule has 1 saturated heterocycles. The largest absolute Gasteiger partial charge is 0.488 e. The number of imide groups is 2. The van der Waals surface area contributed by atoms with Gasteiger partial charge in [0, 0.05) is 4.47 Å². The molecular formula is C24H14Br2Cl2N2O4. The van der Waals surface area contributed by atoms with Gasteiger partial charge in [-0.1, -0.05) is 57.3 Å². The van der Waals surface area contributed by atoms with Gasteiger partial charge in [-0.05, 0) is 75.6 Å². The Morgan fingerprint density at radius 1 is 0.912 bits per heavy atom. The average Bonchev–Trinajstić information content (AvgIpc) is 2.79. The molecule has 172 valence electrons. The van der Waals surface area contributed by atoms with E-state index >= 15 is 0 Å². The molecule has 1 aliphatic rings. The quantitative estimate of drug-likeness (QED) is 0.251. The van der Waals surface area contributed by atoms with E-state index in [9.17, 15) is 14.4 Å². The zero-order valence-electron chi connectivity index (χ0n) is 17.2. The van der Waals surface area contributed by atoms with Crippen LogP contribution < -0.4 is 15.0 Å². The summed E-state index contributed by atoms with van der Waals surface area (Å²) in [6, 6.07) is 16.3. The number of carbonyl (C=O) groups is 3. The third-order valence-corrected chi connectivity index (χ3v) is 6.73. The summed E-state index contributed by atoms with van der Waals surface area (Å²) in [6.07, 6.45) is 1.40. The fraction of sp³-hybridized carbons (Fsp3) is 0.0417. The summed E-state index contributed by atoms with van der Waals surface area (Å²) in [5.74, 6) is -0.978. The SMILES string of the molecule is O=C1NC(=O)N(c2ccc(Cl)c(Cl)c2)C(=O)/C1=C/c1ccc(OCc2ccc(Br)cc2)c(Br)c1. The fourth-order valence-corrected chi connectivity index (χ4v) is 4.22. The lowest BCUT2D eigenvalue weighted by Gasteiger charge is -2.26. The molecule has 34 heavy (non-hydrogen) atoms. The molecule has 0 unspecified atom stereocenters. The third kappa shape index (κ3) is 5.36. The maximum Gasteiger partial charge on any atom is 0.335 e. The molecular weight excluding hydrogens is 611 g/mol. The first kappa shape index (κ1) is 24.5. The van der Waals surface area contributed by atoms with Crippen LogP contribution in [0.3, 0.4) is 0 Å². The normalized spacial score (nSPS) is 15.0. The molecule has 0 aliphatic carbocycles. The molecule has 0 bridgehead atoms. The zero-order valence-corrected chi connectivity index (χ0v) is 21.8. The Balaban J connectivity index is 1.56. The van der Waals surface area contributed by atoms with Crippen molar-refractivity contribution in [2.75, 3.05) is 4.90 Å². The van der Waals surface area contributed by atoms with Crippen LogP contribution >= 0.6 is 55.1 Å². The fourth-order valence-electron chi connectivity index (χ4n) is 3.15. The number of nitrogens with one attached hydrogen (secondary N) is 1. The average molecular weight is 625 g/mol. The van der Waals surface area contributed by atoms with Crippen molar-refractivity contribution in [1.82, 2.24) is 5.32 Å². The molecule has 1 N–H and O–H groups in total. The standard InChI is InChI=1S/C24H14Br2Cl2N2O4/c25-15-4-1-13(2-5-15)12-34-21-8-3-14(10-18(21)26)9-17-22(31)29-24(33)30(23(17)32)16-6-7-19(27)20(28)11-16/h1-11H,12H2,(H,29,31,33)/b17-9+. The molecule has 4 amide bonds. The summed E-state index contributed by atoms with van der Waals surface area (Å²) in [5, 5.41) is 2.62. The smallest absolute Gasteiger partial charge is 0.335 e. The number of ether oxygens (including phenoxy) is 1. The van der Waals surface area contributed by atoms with Crippen molar-refractivity contribution in [2.24, 2.45) is 0 Å². The minimum absolute atomic E-state index is 0.171. The Kier molecular flexibility index (Phi) is 7.42. The van der Waals surface area contributed by atoms with Crippen LogP contribution in [0.5, 0.6) is 5.75 Å². The Morgan fingerprint density at radius 3 is 2.32 bits per heavy atom. The number of anilines is 1. The third-order valence-electron chi connectivity index (χ3n) is 4.84. The molecule has 1 fully saturated rings. The van der Waals surface area contributed by atoms with Crippen molar-refractivity contribution in [3.63, 3.8) is 0 Å². The van der Waals surface area contributed by atoms with Crippen LogP contribution in [0.25, 0.3) is 6.08 Å². The van der Waals surface area contributed by atoms with Crippen molar-refractivity contribution in [3.8, 4) is 5.75 Å². The number of benzene rings is 3. The molecule has 6 nitrogen and oxygen atoms in total. The van der Waals surface area contributed by atoms with E-state index in [4.69, 9.17) is 27.9 Å². The Morgan fingerprint density at radius 2 is 1.65 bits per heavy atom. The molecule has 3 aromatic rings. The summed E-state index contributed by atoms with van der Waals surface area (Å²) >= 11 is 18.8. The number of barbiturate groups is 1. The van der Waals surface area contributed by atoms with Crippen molar-refractivity contribution in [1.29, 1.82) is 0 Å². The summed E-state index contributed by atoms with van der Waals surface area (Å²) in [6.45, 7) is 0.369. The summed E-state index contributed by atoms with van der Waals surface area (Å²) in [4.78, 5) is 38.7. The minimum atomic E-state index is -0.872. The number of amides is 4. The van der Waals surface area contributed by atoms with Crippen LogP contribution in [-0.4, -0.2) is 17.8 Å². The van der Waals surface area contributed by atoms with Gasteiger partial charge in [0.25, 0.3) is 11.8 Å². The number of urea groups is 1. The first-order valence-electron chi connectivity index (χ1n) is 9.76. The highest BCUT2D eigenvalue weighted by molar-refractivity contribution is 9.10. The number of rotatable bonds is 5. The number of hydrogen-bond acceptors (Lipinski definition) is 4. The topological polar surface area (TPSA) is 75.7 Å². The van der Waals surface area contributed by atoms with Crippen molar-refractivity contribution < 1.29 is 19.1 Å². The van der Waals surface area contributed by atoms with Gasteiger partial charge in [-0.25, -0.2) is 9.69 Å². The molecule has 0 saturated carbocycles. The van der Waals surface area contributed by atoms with Gasteiger partial charge in [0.05, 0.1) is 20.2 Å². The lowest BCUT2D eigenvalue weighted by molar-refractivity contribution is -0.122. The second-order valence-corrected chi connectivity index (χ2v) is 9.75. The maximum absolute atomic E-state index is 13.0. The predicted octanol–water partition coefficient (Wildman–Crippen LogP) is 6.76. The lowest BCUT2D eigenvalue weighted by Crippen LogP contribution is -2.54. The van der Waals surface area contributed by atoms with Crippen molar-refractivity contribution >= 4 is 84.7 Å². The zero-order chi connectivity index (χ0) is 24.4. The molecule has 4 rings (SSSR count). The van der Waals surface area contributed by atoms with Crippen LogP contribution in [0.4, 0.5) is 10.5 Å². The summed E-state index contributed by atoms with van der Waals surface area (Å²) in [5.41, 5.74) is 1.54. The second kappa shape index (κ2) is 10.3. The van der Waals surface area contributed by atoms with E-state index in [0.717, 1.165) is 14.9 Å². The van der Waals surface area contributed by atoms with Gasteiger partial charge >= 0.3 is 6.03 Å². The van der Waals surface area contributed by atoms with E-state index in [1.54, 1.807) is 18.2 Å². The van der Waals surface area contributed by atoms with Crippen LogP contribution in [-0.2, 0) is 16.2 Å². The number of carbonyl (C=O) groups excluding carboxylic acids is 3. The molecule has 0 atom stereocenters. The monoisotopic (exact) mass is 622 g/mol. The van der Waals surface area contributed by atoms with E-state index in [1.807, 2.05) is 24.3 Å². The first-order valence-corrected chi connectivity index (χ1v) is 12.1. The van der Waals surface area contributed by atoms with Crippen LogP contribution in [0.1, 0.15) is 11.1 Å². The van der Waals surface area contributed by atoms with Gasteiger partial charge in [-0.2, -0.15) is 0 Å². The Bertz CT molecular complexity index is 1340. The molecule has 10 heteroatoms. The molecule has 0 radical (unpaired) electrons. The number of halogens is 4. The molecule has 0 aromatic heterocycles. The number of nitrogens with zero attached hydrogens (tertiary/aromatic N) is 1. The van der Waals surface area contributed by atoms with E-state index in [0.29, 0.717) is 22.4 Å². The molecule has 3 aromatic carbocycles. The Labute approximate surface area is 221 Å². The van der Waals surface area contributed by atoms with Gasteiger partial charge in [-0.15, -0.1) is 0 Å². The molecule has 1 aliphatic heterocycles. The first-order chi connectivity index (χ1) is 16.2. The van der Waals surface area contributed by atoms with Crippen LogP contribution in [0, 0.1) is 0 Å². The molecule has 1 heterocycles.